The molecule has 0 aliphatic rings. The van der Waals surface area contributed by atoms with Crippen molar-refractivity contribution in [3.63, 3.8) is 0 Å². The highest BCUT2D eigenvalue weighted by Gasteiger charge is 2.18. The van der Waals surface area contributed by atoms with Gasteiger partial charge >= 0.3 is 11.9 Å². The van der Waals surface area contributed by atoms with Gasteiger partial charge < -0.3 is 9.47 Å². The third-order valence-corrected chi connectivity index (χ3v) is 2.09. The minimum Gasteiger partial charge on any atom is -0.463 e. The van der Waals surface area contributed by atoms with Crippen molar-refractivity contribution in [2.24, 2.45) is 0 Å². The van der Waals surface area contributed by atoms with E-state index < -0.39 is 17.5 Å². The molecule has 0 N–H and O–H groups in total. The number of nitrogens with zero attached hydrogens (tertiary/aromatic N) is 1. The van der Waals surface area contributed by atoms with Crippen LogP contribution in [0.1, 0.15) is 43.7 Å². The maximum Gasteiger partial charge on any atom is 0.357 e. The molecule has 5 heteroatoms. The molecule has 1 aromatic rings. The number of pyridine rings is 1. The number of hydrogen-bond acceptors (Lipinski definition) is 5. The second kappa shape index (κ2) is 6.84. The number of carbonyl (C=O) groups excluding carboxylic acids is 2. The number of rotatable bonds is 4. The van der Waals surface area contributed by atoms with Gasteiger partial charge in [0.1, 0.15) is 11.3 Å². The van der Waals surface area contributed by atoms with Crippen LogP contribution in [-0.4, -0.2) is 29.1 Å². The molecule has 0 spiro atoms. The minimum atomic E-state index is -0.554. The molecule has 0 radical (unpaired) electrons. The topological polar surface area (TPSA) is 65.5 Å². The molecule has 5 nitrogen and oxygen atoms in total. The second-order valence-corrected chi connectivity index (χ2v) is 5.06. The van der Waals surface area contributed by atoms with Gasteiger partial charge in [-0.15, -0.1) is 0 Å². The number of carbonyl (C=O) groups is 2. The van der Waals surface area contributed by atoms with Crippen LogP contribution in [0.15, 0.2) is 24.4 Å². The number of ether oxygens (including phenoxy) is 2. The van der Waals surface area contributed by atoms with E-state index in [1.165, 1.54) is 12.3 Å². The number of esters is 2. The predicted octanol–water partition coefficient (Wildman–Crippen LogP) is 2.61. The molecule has 0 unspecified atom stereocenters. The first kappa shape index (κ1) is 15.9. The highest BCUT2D eigenvalue weighted by atomic mass is 16.6. The summed E-state index contributed by atoms with van der Waals surface area (Å²) in [6.45, 7) is 7.45. The molecule has 0 fully saturated rings. The van der Waals surface area contributed by atoms with E-state index in [0.717, 1.165) is 0 Å². The molecule has 0 aliphatic carbocycles. The highest BCUT2D eigenvalue weighted by Crippen LogP contribution is 2.11. The largest absolute Gasteiger partial charge is 0.463 e. The summed E-state index contributed by atoms with van der Waals surface area (Å²) >= 11 is 0. The zero-order valence-corrected chi connectivity index (χ0v) is 12.2. The fraction of sp³-hybridized carbons (Fsp3) is 0.400. The fourth-order valence-corrected chi connectivity index (χ4v) is 1.31. The molecule has 0 atom stereocenters. The maximum absolute atomic E-state index is 11.7. The molecule has 0 aliphatic heterocycles. The van der Waals surface area contributed by atoms with Gasteiger partial charge in [0.15, 0.2) is 0 Å². The normalized spacial score (nSPS) is 11.4. The van der Waals surface area contributed by atoms with Gasteiger partial charge in [-0.05, 0) is 45.4 Å². The first-order valence-corrected chi connectivity index (χ1v) is 6.36. The van der Waals surface area contributed by atoms with Gasteiger partial charge in [0, 0.05) is 12.3 Å². The Morgan fingerprint density at radius 1 is 1.30 bits per heavy atom. The van der Waals surface area contributed by atoms with Gasteiger partial charge in [-0.1, -0.05) is 6.07 Å². The molecule has 0 aromatic carbocycles. The van der Waals surface area contributed by atoms with Gasteiger partial charge in [-0.3, -0.25) is 0 Å². The molecule has 108 valence electrons. The summed E-state index contributed by atoms with van der Waals surface area (Å²) < 4.78 is 9.96. The molecule has 20 heavy (non-hydrogen) atoms. The van der Waals surface area contributed by atoms with Crippen LogP contribution in [0.4, 0.5) is 0 Å². The first-order chi connectivity index (χ1) is 9.31. The van der Waals surface area contributed by atoms with Gasteiger partial charge in [0.05, 0.1) is 6.61 Å². The van der Waals surface area contributed by atoms with Crippen molar-refractivity contribution in [3.05, 3.63) is 35.7 Å². The van der Waals surface area contributed by atoms with Crippen LogP contribution >= 0.6 is 0 Å². The molecule has 0 bridgehead atoms. The summed E-state index contributed by atoms with van der Waals surface area (Å²) in [5, 5.41) is 0. The zero-order chi connectivity index (χ0) is 15.2. The van der Waals surface area contributed by atoms with Crippen LogP contribution in [0.5, 0.6) is 0 Å². The van der Waals surface area contributed by atoms with Gasteiger partial charge in [0.25, 0.3) is 0 Å². The van der Waals surface area contributed by atoms with E-state index >= 15 is 0 Å². The molecular weight excluding hydrogens is 258 g/mol. The lowest BCUT2D eigenvalue weighted by Gasteiger charge is -2.18. The van der Waals surface area contributed by atoms with Crippen molar-refractivity contribution < 1.29 is 19.1 Å². The van der Waals surface area contributed by atoms with Crippen molar-refractivity contribution in [2.75, 3.05) is 6.61 Å². The molecule has 0 amide bonds. The average Bonchev–Trinajstić information content (AvgIpc) is 2.35. The Kier molecular flexibility index (Phi) is 5.43. The van der Waals surface area contributed by atoms with Gasteiger partial charge in [-0.2, -0.15) is 0 Å². The number of aromatic nitrogens is 1. The Bertz CT molecular complexity index is 498. The van der Waals surface area contributed by atoms with E-state index in [9.17, 15) is 9.59 Å². The highest BCUT2D eigenvalue weighted by molar-refractivity contribution is 5.88. The molecule has 1 heterocycles. The van der Waals surface area contributed by atoms with Crippen molar-refractivity contribution >= 4 is 18.0 Å². The monoisotopic (exact) mass is 277 g/mol. The lowest BCUT2D eigenvalue weighted by atomic mass is 10.2. The summed E-state index contributed by atoms with van der Waals surface area (Å²) in [7, 11) is 0. The molecule has 1 rings (SSSR count). The maximum atomic E-state index is 11.7. The third-order valence-electron chi connectivity index (χ3n) is 2.09. The Labute approximate surface area is 118 Å². The van der Waals surface area contributed by atoms with Crippen molar-refractivity contribution in [1.82, 2.24) is 4.98 Å². The van der Waals surface area contributed by atoms with Crippen LogP contribution in [0.25, 0.3) is 6.08 Å². The van der Waals surface area contributed by atoms with E-state index in [-0.39, 0.29) is 5.69 Å². The van der Waals surface area contributed by atoms with Crippen molar-refractivity contribution in [2.45, 2.75) is 33.3 Å². The molecular formula is C15H19NO4. The van der Waals surface area contributed by atoms with Crippen molar-refractivity contribution in [1.29, 1.82) is 0 Å². The second-order valence-electron chi connectivity index (χ2n) is 5.06. The summed E-state index contributed by atoms with van der Waals surface area (Å²) in [5.74, 6) is -0.887. The van der Waals surface area contributed by atoms with E-state index in [0.29, 0.717) is 12.2 Å². The average molecular weight is 277 g/mol. The van der Waals surface area contributed by atoms with E-state index in [1.54, 1.807) is 45.9 Å². The van der Waals surface area contributed by atoms with Crippen LogP contribution in [0.3, 0.4) is 0 Å². The predicted molar refractivity (Wildman–Crippen MR) is 75.1 cm³/mol. The summed E-state index contributed by atoms with van der Waals surface area (Å²) in [5.41, 5.74) is 0.375. The van der Waals surface area contributed by atoms with E-state index in [1.807, 2.05) is 0 Å². The summed E-state index contributed by atoms with van der Waals surface area (Å²) in [6, 6.07) is 3.24. The van der Waals surface area contributed by atoms with E-state index in [2.05, 4.69) is 4.98 Å². The minimum absolute atomic E-state index is 0.230. The zero-order valence-electron chi connectivity index (χ0n) is 12.2. The SMILES string of the molecule is CCOC(=O)/C=C/c1ccc(C(=O)OC(C)(C)C)nc1. The molecule has 0 saturated carbocycles. The molecule has 0 saturated heterocycles. The molecule has 1 aromatic heterocycles. The Hall–Kier alpha value is -2.17. The van der Waals surface area contributed by atoms with Crippen LogP contribution < -0.4 is 0 Å². The summed E-state index contributed by atoms with van der Waals surface area (Å²) in [6.07, 6.45) is 4.38. The summed E-state index contributed by atoms with van der Waals surface area (Å²) in [4.78, 5) is 26.9. The quantitative estimate of drug-likeness (QED) is 0.625. The lowest BCUT2D eigenvalue weighted by Crippen LogP contribution is -2.24. The third kappa shape index (κ3) is 5.65. The van der Waals surface area contributed by atoms with E-state index in [4.69, 9.17) is 9.47 Å². The number of hydrogen-bond donors (Lipinski definition) is 0. The Morgan fingerprint density at radius 2 is 2.00 bits per heavy atom. The standard InChI is InChI=1S/C15H19NO4/c1-5-19-13(17)9-7-11-6-8-12(16-10-11)14(18)20-15(2,3)4/h6-10H,5H2,1-4H3/b9-7+. The van der Waals surface area contributed by atoms with Gasteiger partial charge in [-0.25, -0.2) is 14.6 Å². The van der Waals surface area contributed by atoms with Gasteiger partial charge in [0.2, 0.25) is 0 Å². The Morgan fingerprint density at radius 3 is 2.50 bits per heavy atom. The Balaban J connectivity index is 2.69. The smallest absolute Gasteiger partial charge is 0.357 e. The van der Waals surface area contributed by atoms with Crippen LogP contribution in [-0.2, 0) is 14.3 Å². The van der Waals surface area contributed by atoms with Crippen LogP contribution in [0.2, 0.25) is 0 Å². The first-order valence-electron chi connectivity index (χ1n) is 6.36. The lowest BCUT2D eigenvalue weighted by molar-refractivity contribution is -0.137. The fourth-order valence-electron chi connectivity index (χ4n) is 1.31. The van der Waals surface area contributed by atoms with Crippen molar-refractivity contribution in [3.8, 4) is 0 Å². The van der Waals surface area contributed by atoms with Crippen LogP contribution in [0, 0.1) is 0 Å².